The zero-order valence-corrected chi connectivity index (χ0v) is 20.1. The first kappa shape index (κ1) is 25.5. The van der Waals surface area contributed by atoms with Crippen LogP contribution in [0.15, 0.2) is 66.9 Å². The zero-order valence-electron chi connectivity index (χ0n) is 20.1. The fourth-order valence-electron chi connectivity index (χ4n) is 3.41. The molecular weight excluding hydrogens is 476 g/mol. The summed E-state index contributed by atoms with van der Waals surface area (Å²) in [6, 6.07) is 15.2. The summed E-state index contributed by atoms with van der Waals surface area (Å²) in [6.07, 6.45) is -3.51. The molecule has 7 nitrogen and oxygen atoms in total. The topological polar surface area (TPSA) is 78.9 Å². The lowest BCUT2D eigenvalue weighted by atomic mass is 9.78. The molecule has 36 heavy (non-hydrogen) atoms. The first-order valence-electron chi connectivity index (χ1n) is 11.1. The van der Waals surface area contributed by atoms with Gasteiger partial charge in [0, 0.05) is 29.5 Å². The van der Waals surface area contributed by atoms with E-state index in [4.69, 9.17) is 14.0 Å². The largest absolute Gasteiger partial charge is 0.573 e. The van der Waals surface area contributed by atoms with Crippen LogP contribution in [0.2, 0.25) is 0 Å². The number of nitrogens with zero attached hydrogens (tertiary/aromatic N) is 1. The first-order chi connectivity index (χ1) is 16.8. The lowest BCUT2D eigenvalue weighted by Crippen LogP contribution is -2.41. The molecule has 0 radical (unpaired) electrons. The molecule has 1 N–H and O–H groups in total. The molecule has 0 aliphatic carbocycles. The number of ether oxygens (including phenoxy) is 2. The van der Waals surface area contributed by atoms with Crippen molar-refractivity contribution in [3.05, 3.63) is 72.4 Å². The third kappa shape index (κ3) is 5.80. The Morgan fingerprint density at radius 3 is 2.25 bits per heavy atom. The second-order valence-corrected chi connectivity index (χ2v) is 9.14. The molecule has 1 aliphatic rings. The van der Waals surface area contributed by atoms with Gasteiger partial charge in [0.25, 0.3) is 5.91 Å². The summed E-state index contributed by atoms with van der Waals surface area (Å²) in [4.78, 5) is 17.0. The summed E-state index contributed by atoms with van der Waals surface area (Å²) in [5.41, 5.74) is 0.390. The number of carbonyl (C=O) groups excluding carboxylic acids is 1. The van der Waals surface area contributed by atoms with Gasteiger partial charge in [0.1, 0.15) is 11.5 Å². The number of hydrogen-bond donors (Lipinski definition) is 1. The fourth-order valence-corrected chi connectivity index (χ4v) is 3.41. The van der Waals surface area contributed by atoms with Gasteiger partial charge in [-0.15, -0.1) is 13.2 Å². The Morgan fingerprint density at radius 1 is 0.944 bits per heavy atom. The van der Waals surface area contributed by atoms with Crippen LogP contribution < -0.4 is 20.3 Å². The molecule has 0 bridgehead atoms. The minimum atomic E-state index is -4.81. The van der Waals surface area contributed by atoms with Crippen LogP contribution in [0.25, 0.3) is 0 Å². The van der Waals surface area contributed by atoms with E-state index in [0.29, 0.717) is 11.2 Å². The molecule has 1 saturated heterocycles. The van der Waals surface area contributed by atoms with Crippen LogP contribution >= 0.6 is 0 Å². The fraction of sp³-hybridized carbons (Fsp3) is 0.280. The van der Waals surface area contributed by atoms with Gasteiger partial charge in [0.2, 0.25) is 5.88 Å². The van der Waals surface area contributed by atoms with Gasteiger partial charge in [0.15, 0.2) is 0 Å². The Hall–Kier alpha value is -3.57. The number of rotatable bonds is 6. The van der Waals surface area contributed by atoms with Crippen LogP contribution in [-0.2, 0) is 9.31 Å². The van der Waals surface area contributed by atoms with Crippen molar-refractivity contribution in [2.75, 3.05) is 5.32 Å². The Bertz CT molecular complexity index is 1230. The number of halogens is 3. The number of nitrogens with one attached hydrogen (secondary N) is 1. The molecule has 0 atom stereocenters. The smallest absolute Gasteiger partial charge is 0.439 e. The van der Waals surface area contributed by atoms with Crippen molar-refractivity contribution in [3.8, 4) is 17.4 Å². The van der Waals surface area contributed by atoms with Crippen LogP contribution in [0.3, 0.4) is 0 Å². The number of anilines is 1. The summed E-state index contributed by atoms with van der Waals surface area (Å²) < 4.78 is 58.9. The van der Waals surface area contributed by atoms with Crippen molar-refractivity contribution in [2.24, 2.45) is 0 Å². The van der Waals surface area contributed by atoms with E-state index in [-0.39, 0.29) is 17.2 Å². The van der Waals surface area contributed by atoms with Gasteiger partial charge >= 0.3 is 13.5 Å². The van der Waals surface area contributed by atoms with E-state index in [1.165, 1.54) is 30.5 Å². The average Bonchev–Trinajstić information content (AvgIpc) is 3.00. The van der Waals surface area contributed by atoms with Gasteiger partial charge in [-0.05, 0) is 52.0 Å². The average molecular weight is 500 g/mol. The molecule has 3 aromatic rings. The second-order valence-electron chi connectivity index (χ2n) is 9.14. The monoisotopic (exact) mass is 500 g/mol. The molecule has 11 heteroatoms. The lowest BCUT2D eigenvalue weighted by Gasteiger charge is -2.32. The predicted molar refractivity (Wildman–Crippen MR) is 128 cm³/mol. The summed E-state index contributed by atoms with van der Waals surface area (Å²) in [5.74, 6) is -0.652. The molecular formula is C25H24BF3N2O5. The quantitative estimate of drug-likeness (QED) is 0.462. The zero-order chi connectivity index (χ0) is 26.1. The normalized spacial score (nSPS) is 16.5. The standard InChI is InChI=1S/C25H24BF3N2O5/c1-23(2)24(3,4)36-26(35-23)19-10-5-6-11-20(19)31-22(32)16-12-13-21(30-15-16)33-17-8-7-9-18(14-17)34-25(27,28)29/h5-15H,1-4H3,(H,31,32). The van der Waals surface area contributed by atoms with Crippen molar-refractivity contribution < 1.29 is 36.7 Å². The second kappa shape index (κ2) is 9.48. The summed E-state index contributed by atoms with van der Waals surface area (Å²) in [6.45, 7) is 7.79. The third-order valence-corrected chi connectivity index (χ3v) is 5.98. The highest BCUT2D eigenvalue weighted by Crippen LogP contribution is 2.37. The molecule has 188 valence electrons. The van der Waals surface area contributed by atoms with Gasteiger partial charge < -0.3 is 24.1 Å². The van der Waals surface area contributed by atoms with Crippen LogP contribution in [-0.4, -0.2) is 35.6 Å². The van der Waals surface area contributed by atoms with Gasteiger partial charge in [-0.25, -0.2) is 4.98 Å². The number of carbonyl (C=O) groups is 1. The van der Waals surface area contributed by atoms with E-state index < -0.39 is 36.3 Å². The molecule has 0 saturated carbocycles. The molecule has 2 aromatic carbocycles. The lowest BCUT2D eigenvalue weighted by molar-refractivity contribution is -0.274. The molecule has 0 spiro atoms. The highest BCUT2D eigenvalue weighted by molar-refractivity contribution is 6.64. The Kier molecular flexibility index (Phi) is 6.72. The van der Waals surface area contributed by atoms with Crippen LogP contribution in [0.5, 0.6) is 17.4 Å². The van der Waals surface area contributed by atoms with Gasteiger partial charge in [-0.1, -0.05) is 24.3 Å². The number of pyridine rings is 1. The van der Waals surface area contributed by atoms with Crippen molar-refractivity contribution in [1.29, 1.82) is 0 Å². The molecule has 2 heterocycles. The third-order valence-electron chi connectivity index (χ3n) is 5.98. The van der Waals surface area contributed by atoms with Crippen molar-refractivity contribution in [1.82, 2.24) is 4.98 Å². The predicted octanol–water partition coefficient (Wildman–Crippen LogP) is 5.32. The maximum Gasteiger partial charge on any atom is 0.573 e. The van der Waals surface area contributed by atoms with E-state index in [0.717, 1.165) is 12.1 Å². The SMILES string of the molecule is CC1(C)OB(c2ccccc2NC(=O)c2ccc(Oc3cccc(OC(F)(F)F)c3)nc2)OC1(C)C. The number of amides is 1. The van der Waals surface area contributed by atoms with Gasteiger partial charge in [-0.2, -0.15) is 0 Å². The molecule has 1 aliphatic heterocycles. The number of hydrogen-bond acceptors (Lipinski definition) is 6. The molecule has 1 amide bonds. The number of para-hydroxylation sites is 1. The van der Waals surface area contributed by atoms with E-state index in [1.54, 1.807) is 12.1 Å². The molecule has 4 rings (SSSR count). The highest BCUT2D eigenvalue weighted by Gasteiger charge is 2.52. The maximum atomic E-state index is 12.9. The van der Waals surface area contributed by atoms with Crippen molar-refractivity contribution in [3.63, 3.8) is 0 Å². The minimum Gasteiger partial charge on any atom is -0.439 e. The van der Waals surface area contributed by atoms with Crippen LogP contribution in [0, 0.1) is 0 Å². The van der Waals surface area contributed by atoms with Crippen molar-refractivity contribution in [2.45, 2.75) is 45.3 Å². The first-order valence-corrected chi connectivity index (χ1v) is 11.1. The Morgan fingerprint density at radius 2 is 1.61 bits per heavy atom. The Labute approximate surface area is 206 Å². The van der Waals surface area contributed by atoms with Gasteiger partial charge in [-0.3, -0.25) is 4.79 Å². The summed E-state index contributed by atoms with van der Waals surface area (Å²) in [7, 11) is -0.655. The molecule has 1 fully saturated rings. The Balaban J connectivity index is 1.44. The molecule has 0 unspecified atom stereocenters. The van der Waals surface area contributed by atoms with Crippen LogP contribution in [0.1, 0.15) is 38.1 Å². The van der Waals surface area contributed by atoms with E-state index in [2.05, 4.69) is 15.0 Å². The maximum absolute atomic E-state index is 12.9. The van der Waals surface area contributed by atoms with E-state index in [9.17, 15) is 18.0 Å². The van der Waals surface area contributed by atoms with Gasteiger partial charge in [0.05, 0.1) is 16.8 Å². The number of alkyl halides is 3. The number of aromatic nitrogens is 1. The van der Waals surface area contributed by atoms with Crippen molar-refractivity contribution >= 4 is 24.2 Å². The molecule has 1 aromatic heterocycles. The number of benzene rings is 2. The van der Waals surface area contributed by atoms with E-state index in [1.807, 2.05) is 39.8 Å². The minimum absolute atomic E-state index is 0.0910. The van der Waals surface area contributed by atoms with E-state index >= 15 is 0 Å². The summed E-state index contributed by atoms with van der Waals surface area (Å²) in [5, 5.41) is 2.85. The van der Waals surface area contributed by atoms with Crippen LogP contribution in [0.4, 0.5) is 18.9 Å². The highest BCUT2D eigenvalue weighted by atomic mass is 19.4. The summed E-state index contributed by atoms with van der Waals surface area (Å²) >= 11 is 0.